The molecule has 0 aromatic heterocycles. The van der Waals surface area contributed by atoms with Crippen molar-refractivity contribution in [3.63, 3.8) is 0 Å². The lowest BCUT2D eigenvalue weighted by atomic mass is 10.1. The van der Waals surface area contributed by atoms with E-state index in [-0.39, 0.29) is 11.8 Å². The van der Waals surface area contributed by atoms with Gasteiger partial charge in [0.1, 0.15) is 0 Å². The molecule has 2 aromatic rings. The third-order valence-corrected chi connectivity index (χ3v) is 2.78. The summed E-state index contributed by atoms with van der Waals surface area (Å²) in [6.07, 6.45) is 1.46. The first-order valence-electron chi connectivity index (χ1n) is 4.94. The Morgan fingerprint density at radius 2 is 1.65 bits per heavy atom. The van der Waals surface area contributed by atoms with E-state index in [9.17, 15) is 13.2 Å². The topological polar surface area (TPSA) is 0 Å². The van der Waals surface area contributed by atoms with Gasteiger partial charge >= 0.3 is 5.51 Å². The van der Waals surface area contributed by atoms with E-state index in [0.29, 0.717) is 0 Å². The maximum absolute atomic E-state index is 11.9. The van der Waals surface area contributed by atoms with Crippen LogP contribution in [-0.2, 0) is 0 Å². The van der Waals surface area contributed by atoms with Crippen LogP contribution in [0.3, 0.4) is 0 Å². The molecule has 0 amide bonds. The fourth-order valence-corrected chi connectivity index (χ4v) is 1.88. The number of halogens is 3. The Labute approximate surface area is 101 Å². The first-order chi connectivity index (χ1) is 8.04. The molecule has 0 unspecified atom stereocenters. The van der Waals surface area contributed by atoms with E-state index in [1.54, 1.807) is 6.07 Å². The number of benzene rings is 2. The predicted octanol–water partition coefficient (Wildman–Crippen LogP) is 5.06. The van der Waals surface area contributed by atoms with Gasteiger partial charge in [-0.25, -0.2) is 0 Å². The number of rotatable bonds is 2. The Kier molecular flexibility index (Phi) is 3.43. The Balaban J connectivity index is 2.20. The van der Waals surface area contributed by atoms with Gasteiger partial charge in [-0.05, 0) is 45.6 Å². The third kappa shape index (κ3) is 3.53. The van der Waals surface area contributed by atoms with E-state index in [1.807, 2.05) is 36.4 Å². The summed E-state index contributed by atoms with van der Waals surface area (Å²) >= 11 is -0.147. The van der Waals surface area contributed by atoms with Gasteiger partial charge in [-0.1, -0.05) is 36.4 Å². The minimum absolute atomic E-state index is 0.147. The zero-order chi connectivity index (χ0) is 12.3. The summed E-state index contributed by atoms with van der Waals surface area (Å²) in [7, 11) is 0. The van der Waals surface area contributed by atoms with E-state index in [1.165, 1.54) is 6.08 Å². The van der Waals surface area contributed by atoms with Crippen molar-refractivity contribution in [1.82, 2.24) is 0 Å². The van der Waals surface area contributed by atoms with Crippen molar-refractivity contribution in [2.45, 2.75) is 5.51 Å². The zero-order valence-corrected chi connectivity index (χ0v) is 9.55. The van der Waals surface area contributed by atoms with Crippen LogP contribution in [0.4, 0.5) is 13.2 Å². The van der Waals surface area contributed by atoms with Gasteiger partial charge < -0.3 is 0 Å². The van der Waals surface area contributed by atoms with Crippen molar-refractivity contribution in [2.24, 2.45) is 0 Å². The van der Waals surface area contributed by atoms with Crippen molar-refractivity contribution >= 4 is 28.6 Å². The Hall–Kier alpha value is -1.42. The molecule has 0 saturated heterocycles. The number of hydrogen-bond donors (Lipinski definition) is 0. The average molecular weight is 254 g/mol. The molecule has 0 N–H and O–H groups in total. The van der Waals surface area contributed by atoms with Crippen molar-refractivity contribution in [3.8, 4) is 0 Å². The van der Waals surface area contributed by atoms with E-state index < -0.39 is 5.51 Å². The number of thioether (sulfide) groups is 1. The minimum Gasteiger partial charge on any atom is -0.160 e. The SMILES string of the molecule is FC(F)(F)S/C=C/c1ccc2ccccc2c1. The normalized spacial score (nSPS) is 12.4. The molecular weight excluding hydrogens is 245 g/mol. The summed E-state index contributed by atoms with van der Waals surface area (Å²) in [4.78, 5) is 0. The molecule has 0 aliphatic heterocycles. The number of hydrogen-bond acceptors (Lipinski definition) is 1. The largest absolute Gasteiger partial charge is 0.445 e. The lowest BCUT2D eigenvalue weighted by Gasteiger charge is -2.01. The van der Waals surface area contributed by atoms with Gasteiger partial charge in [0.05, 0.1) is 0 Å². The highest BCUT2D eigenvalue weighted by molar-refractivity contribution is 8.03. The van der Waals surface area contributed by atoms with Crippen molar-refractivity contribution < 1.29 is 13.2 Å². The highest BCUT2D eigenvalue weighted by Crippen LogP contribution is 2.31. The van der Waals surface area contributed by atoms with E-state index in [4.69, 9.17) is 0 Å². The average Bonchev–Trinajstić information content (AvgIpc) is 2.27. The Bertz CT molecular complexity index is 544. The molecule has 0 spiro atoms. The first-order valence-corrected chi connectivity index (χ1v) is 5.82. The molecule has 4 heteroatoms. The van der Waals surface area contributed by atoms with Crippen LogP contribution in [0.5, 0.6) is 0 Å². The van der Waals surface area contributed by atoms with E-state index in [2.05, 4.69) is 0 Å². The van der Waals surface area contributed by atoms with Gasteiger partial charge in [-0.15, -0.1) is 0 Å². The van der Waals surface area contributed by atoms with Crippen LogP contribution in [-0.4, -0.2) is 5.51 Å². The molecule has 0 heterocycles. The van der Waals surface area contributed by atoms with Crippen LogP contribution in [0.2, 0.25) is 0 Å². The summed E-state index contributed by atoms with van der Waals surface area (Å²) in [6, 6.07) is 13.3. The van der Waals surface area contributed by atoms with Gasteiger partial charge in [-0.3, -0.25) is 0 Å². The van der Waals surface area contributed by atoms with Gasteiger partial charge in [0.2, 0.25) is 0 Å². The second-order valence-electron chi connectivity index (χ2n) is 3.47. The van der Waals surface area contributed by atoms with E-state index >= 15 is 0 Å². The first kappa shape index (κ1) is 12.0. The molecule has 2 aromatic carbocycles. The van der Waals surface area contributed by atoms with E-state index in [0.717, 1.165) is 21.7 Å². The van der Waals surface area contributed by atoms with Crippen LogP contribution in [0, 0.1) is 0 Å². The summed E-state index contributed by atoms with van der Waals surface area (Å²) in [5, 5.41) is 3.16. The maximum atomic E-state index is 11.9. The zero-order valence-electron chi connectivity index (χ0n) is 8.74. The summed E-state index contributed by atoms with van der Waals surface area (Å²) in [5.41, 5.74) is -3.45. The highest BCUT2D eigenvalue weighted by atomic mass is 32.2. The summed E-state index contributed by atoms with van der Waals surface area (Å²) < 4.78 is 35.8. The monoisotopic (exact) mass is 254 g/mol. The molecule has 17 heavy (non-hydrogen) atoms. The Morgan fingerprint density at radius 3 is 2.35 bits per heavy atom. The fourth-order valence-electron chi connectivity index (χ4n) is 1.50. The van der Waals surface area contributed by atoms with Crippen molar-refractivity contribution in [2.75, 3.05) is 0 Å². The predicted molar refractivity (Wildman–Crippen MR) is 66.6 cm³/mol. The molecule has 0 bridgehead atoms. The lowest BCUT2D eigenvalue weighted by molar-refractivity contribution is -0.0319. The Morgan fingerprint density at radius 1 is 0.941 bits per heavy atom. The fraction of sp³-hybridized carbons (Fsp3) is 0.0769. The molecule has 0 saturated carbocycles. The third-order valence-electron chi connectivity index (χ3n) is 2.24. The number of fused-ring (bicyclic) bond motifs is 1. The van der Waals surface area contributed by atoms with Crippen LogP contribution < -0.4 is 0 Å². The molecule has 88 valence electrons. The molecule has 0 aliphatic carbocycles. The van der Waals surface area contributed by atoms with Crippen molar-refractivity contribution in [1.29, 1.82) is 0 Å². The lowest BCUT2D eigenvalue weighted by Crippen LogP contribution is -1.96. The van der Waals surface area contributed by atoms with Crippen LogP contribution in [0.1, 0.15) is 5.56 Å². The molecule has 2 rings (SSSR count). The molecule has 0 radical (unpaired) electrons. The van der Waals surface area contributed by atoms with Crippen LogP contribution in [0.15, 0.2) is 47.9 Å². The summed E-state index contributed by atoms with van der Waals surface area (Å²) in [6.45, 7) is 0. The second kappa shape index (κ2) is 4.84. The quantitative estimate of drug-likeness (QED) is 0.721. The molecular formula is C13H9F3S. The van der Waals surface area contributed by atoms with Gasteiger partial charge in [0.25, 0.3) is 0 Å². The molecule has 0 aliphatic rings. The standard InChI is InChI=1S/C13H9F3S/c14-13(15,16)17-8-7-10-5-6-11-3-1-2-4-12(11)9-10/h1-9H/b8-7+. The van der Waals surface area contributed by atoms with Crippen LogP contribution in [0.25, 0.3) is 16.8 Å². The molecule has 0 atom stereocenters. The smallest absolute Gasteiger partial charge is 0.160 e. The molecule has 0 fully saturated rings. The number of alkyl halides is 3. The maximum Gasteiger partial charge on any atom is 0.445 e. The van der Waals surface area contributed by atoms with Gasteiger partial charge in [-0.2, -0.15) is 13.2 Å². The summed E-state index contributed by atoms with van der Waals surface area (Å²) in [5.74, 6) is 0. The second-order valence-corrected chi connectivity index (χ2v) is 4.44. The highest BCUT2D eigenvalue weighted by Gasteiger charge is 2.26. The van der Waals surface area contributed by atoms with Crippen LogP contribution >= 0.6 is 11.8 Å². The molecule has 0 nitrogen and oxygen atoms in total. The van der Waals surface area contributed by atoms with Gasteiger partial charge in [0.15, 0.2) is 0 Å². The van der Waals surface area contributed by atoms with Gasteiger partial charge in [0, 0.05) is 0 Å². The van der Waals surface area contributed by atoms with Crippen molar-refractivity contribution in [3.05, 3.63) is 53.4 Å². The minimum atomic E-state index is -4.21.